The van der Waals surface area contributed by atoms with Crippen LogP contribution in [0.1, 0.15) is 36.5 Å². The second-order valence-electron chi connectivity index (χ2n) is 8.29. The molecule has 5 rings (SSSR count). The fourth-order valence-corrected chi connectivity index (χ4v) is 5.83. The van der Waals surface area contributed by atoms with Crippen LogP contribution in [0.5, 0.6) is 0 Å². The van der Waals surface area contributed by atoms with Crippen LogP contribution in [-0.4, -0.2) is 39.0 Å². The van der Waals surface area contributed by atoms with Crippen molar-refractivity contribution in [1.29, 1.82) is 0 Å². The number of hydrogen-bond donors (Lipinski definition) is 0. The van der Waals surface area contributed by atoms with E-state index >= 15 is 0 Å². The van der Waals surface area contributed by atoms with Gasteiger partial charge < -0.3 is 9.30 Å². The van der Waals surface area contributed by atoms with E-state index in [1.165, 1.54) is 33.8 Å². The standard InChI is InChI=1S/C26H26N2O2S2/c1-2-19-10-6-12-22-20(16-27(24(19)22)15-18-8-4-3-5-9-18)14-23-25(29)28(26(31)32-23)17-21-11-7-13-30-21/h3-6,8-10,12,14,16,21H,2,7,11,13,15,17H2,1H3/b23-14-/t21-/m0/s1. The van der Waals surface area contributed by atoms with Crippen molar-refractivity contribution in [3.8, 4) is 0 Å². The van der Waals surface area contributed by atoms with Crippen LogP contribution in [0.3, 0.4) is 0 Å². The summed E-state index contributed by atoms with van der Waals surface area (Å²) < 4.78 is 8.65. The van der Waals surface area contributed by atoms with Gasteiger partial charge >= 0.3 is 0 Å². The van der Waals surface area contributed by atoms with E-state index in [0.717, 1.165) is 38.0 Å². The summed E-state index contributed by atoms with van der Waals surface area (Å²) in [6.07, 6.45) is 7.27. The van der Waals surface area contributed by atoms with Gasteiger partial charge in [0.15, 0.2) is 0 Å². The number of hydrogen-bond acceptors (Lipinski definition) is 4. The summed E-state index contributed by atoms with van der Waals surface area (Å²) in [5, 5.41) is 1.17. The number of aryl methyl sites for hydroxylation is 1. The zero-order valence-electron chi connectivity index (χ0n) is 18.1. The third-order valence-electron chi connectivity index (χ3n) is 6.16. The number of aromatic nitrogens is 1. The molecular formula is C26H26N2O2S2. The molecule has 6 heteroatoms. The Kier molecular flexibility index (Phi) is 6.17. The maximum atomic E-state index is 13.2. The van der Waals surface area contributed by atoms with E-state index in [4.69, 9.17) is 17.0 Å². The summed E-state index contributed by atoms with van der Waals surface area (Å²) in [5.41, 5.74) is 4.86. The lowest BCUT2D eigenvalue weighted by molar-refractivity contribution is -0.123. The van der Waals surface area contributed by atoms with Crippen LogP contribution in [0.15, 0.2) is 59.6 Å². The van der Waals surface area contributed by atoms with Crippen molar-refractivity contribution in [2.24, 2.45) is 0 Å². The van der Waals surface area contributed by atoms with Crippen LogP contribution in [0.2, 0.25) is 0 Å². The normalized spacial score (nSPS) is 20.2. The van der Waals surface area contributed by atoms with Crippen LogP contribution in [0.25, 0.3) is 17.0 Å². The quantitative estimate of drug-likeness (QED) is 0.351. The highest BCUT2D eigenvalue weighted by molar-refractivity contribution is 8.26. The molecule has 3 heterocycles. The number of thioether (sulfide) groups is 1. The Labute approximate surface area is 198 Å². The molecular weight excluding hydrogens is 436 g/mol. The zero-order chi connectivity index (χ0) is 22.1. The number of fused-ring (bicyclic) bond motifs is 1. The van der Waals surface area contributed by atoms with Crippen molar-refractivity contribution < 1.29 is 9.53 Å². The molecule has 4 nitrogen and oxygen atoms in total. The zero-order valence-corrected chi connectivity index (χ0v) is 19.8. The largest absolute Gasteiger partial charge is 0.376 e. The predicted octanol–water partition coefficient (Wildman–Crippen LogP) is 5.63. The van der Waals surface area contributed by atoms with Gasteiger partial charge in [-0.3, -0.25) is 9.69 Å². The maximum absolute atomic E-state index is 13.2. The minimum Gasteiger partial charge on any atom is -0.376 e. The number of thiocarbonyl (C=S) groups is 1. The number of benzene rings is 2. The van der Waals surface area contributed by atoms with Crippen molar-refractivity contribution in [3.63, 3.8) is 0 Å². The van der Waals surface area contributed by atoms with Gasteiger partial charge in [0.2, 0.25) is 0 Å². The molecule has 2 aliphatic heterocycles. The van der Waals surface area contributed by atoms with E-state index in [1.54, 1.807) is 4.90 Å². The Morgan fingerprint density at radius 2 is 2.03 bits per heavy atom. The summed E-state index contributed by atoms with van der Waals surface area (Å²) in [4.78, 5) is 15.6. The molecule has 0 N–H and O–H groups in total. The highest BCUT2D eigenvalue weighted by Gasteiger charge is 2.34. The van der Waals surface area contributed by atoms with E-state index < -0.39 is 0 Å². The van der Waals surface area contributed by atoms with Gasteiger partial charge in [-0.1, -0.05) is 79.4 Å². The summed E-state index contributed by atoms with van der Waals surface area (Å²) >= 11 is 6.94. The average Bonchev–Trinajstić information content (AvgIpc) is 3.51. The van der Waals surface area contributed by atoms with Crippen LogP contribution in [0, 0.1) is 0 Å². The van der Waals surface area contributed by atoms with E-state index in [-0.39, 0.29) is 12.0 Å². The number of carbonyl (C=O) groups is 1. The number of rotatable bonds is 6. The van der Waals surface area contributed by atoms with Crippen LogP contribution >= 0.6 is 24.0 Å². The lowest BCUT2D eigenvalue weighted by Crippen LogP contribution is -2.35. The van der Waals surface area contributed by atoms with Crippen LogP contribution in [0.4, 0.5) is 0 Å². The first-order chi connectivity index (χ1) is 15.6. The lowest BCUT2D eigenvalue weighted by atomic mass is 10.1. The number of para-hydroxylation sites is 1. The molecule has 0 bridgehead atoms. The summed E-state index contributed by atoms with van der Waals surface area (Å²) in [5.74, 6) is -0.00824. The van der Waals surface area contributed by atoms with Gasteiger partial charge in [0.05, 0.1) is 23.1 Å². The summed E-state index contributed by atoms with van der Waals surface area (Å²) in [7, 11) is 0. The Morgan fingerprint density at radius 3 is 2.78 bits per heavy atom. The molecule has 0 unspecified atom stereocenters. The molecule has 2 fully saturated rings. The molecule has 0 aliphatic carbocycles. The molecule has 32 heavy (non-hydrogen) atoms. The smallest absolute Gasteiger partial charge is 0.266 e. The van der Waals surface area contributed by atoms with Gasteiger partial charge in [0.1, 0.15) is 4.32 Å². The van der Waals surface area contributed by atoms with Gasteiger partial charge in [-0.25, -0.2) is 0 Å². The molecule has 1 aromatic heterocycles. The van der Waals surface area contributed by atoms with Gasteiger partial charge in [0, 0.05) is 30.3 Å². The van der Waals surface area contributed by atoms with Crippen molar-refractivity contribution in [2.45, 2.75) is 38.8 Å². The van der Waals surface area contributed by atoms with E-state index in [9.17, 15) is 4.79 Å². The number of nitrogens with zero attached hydrogens (tertiary/aromatic N) is 2. The van der Waals surface area contributed by atoms with Gasteiger partial charge in [0.25, 0.3) is 5.91 Å². The molecule has 0 saturated carbocycles. The van der Waals surface area contributed by atoms with Gasteiger partial charge in [-0.15, -0.1) is 0 Å². The van der Waals surface area contributed by atoms with Gasteiger partial charge in [-0.2, -0.15) is 0 Å². The van der Waals surface area contributed by atoms with Crippen LogP contribution < -0.4 is 0 Å². The molecule has 3 aromatic rings. The topological polar surface area (TPSA) is 34.5 Å². The Hall–Kier alpha value is -2.41. The highest BCUT2D eigenvalue weighted by atomic mass is 32.2. The van der Waals surface area contributed by atoms with Gasteiger partial charge in [-0.05, 0) is 36.5 Å². The van der Waals surface area contributed by atoms with Crippen molar-refractivity contribution in [2.75, 3.05) is 13.2 Å². The number of carbonyl (C=O) groups excluding carboxylic acids is 1. The third-order valence-corrected chi connectivity index (χ3v) is 7.54. The monoisotopic (exact) mass is 462 g/mol. The molecule has 2 aromatic carbocycles. The summed E-state index contributed by atoms with van der Waals surface area (Å²) in [6, 6.07) is 16.9. The Bertz CT molecular complexity index is 1190. The minimum atomic E-state index is -0.00824. The molecule has 2 saturated heterocycles. The van der Waals surface area contributed by atoms with Crippen LogP contribution in [-0.2, 0) is 22.5 Å². The highest BCUT2D eigenvalue weighted by Crippen LogP contribution is 2.36. The first kappa shape index (κ1) is 21.4. The third kappa shape index (κ3) is 4.15. The fraction of sp³-hybridized carbons (Fsp3) is 0.308. The second-order valence-corrected chi connectivity index (χ2v) is 9.97. The van der Waals surface area contributed by atoms with Crippen molar-refractivity contribution in [1.82, 2.24) is 9.47 Å². The fourth-order valence-electron chi connectivity index (χ4n) is 4.56. The van der Waals surface area contributed by atoms with E-state index in [0.29, 0.717) is 15.8 Å². The SMILES string of the molecule is CCc1cccc2c(/C=C3\SC(=S)N(C[C@@H]4CCCO4)C3=O)cn(Cc3ccccc3)c12. The number of amides is 1. The molecule has 2 aliphatic rings. The molecule has 1 amide bonds. The Balaban J connectivity index is 1.50. The summed E-state index contributed by atoms with van der Waals surface area (Å²) in [6.45, 7) is 4.31. The average molecular weight is 463 g/mol. The molecule has 1 atom stereocenters. The first-order valence-corrected chi connectivity index (χ1v) is 12.4. The Morgan fingerprint density at radius 1 is 1.19 bits per heavy atom. The second kappa shape index (κ2) is 9.22. The molecule has 164 valence electrons. The number of ether oxygens (including phenoxy) is 1. The predicted molar refractivity (Wildman–Crippen MR) is 136 cm³/mol. The van der Waals surface area contributed by atoms with E-state index in [1.807, 2.05) is 12.1 Å². The van der Waals surface area contributed by atoms with Crippen molar-refractivity contribution in [3.05, 3.63) is 76.3 Å². The first-order valence-electron chi connectivity index (χ1n) is 11.2. The lowest BCUT2D eigenvalue weighted by Gasteiger charge is -2.18. The van der Waals surface area contributed by atoms with Crippen molar-refractivity contribution >= 4 is 51.2 Å². The maximum Gasteiger partial charge on any atom is 0.266 e. The molecule has 0 spiro atoms. The minimum absolute atomic E-state index is 0.00824. The van der Waals surface area contributed by atoms with E-state index in [2.05, 4.69) is 60.2 Å². The molecule has 0 radical (unpaired) electrons.